The summed E-state index contributed by atoms with van der Waals surface area (Å²) in [5, 5.41) is 10.3. The Kier molecular flexibility index (Phi) is 3.19. The molecule has 3 rings (SSSR count). The molecule has 0 bridgehead atoms. The van der Waals surface area contributed by atoms with Gasteiger partial charge in [-0.3, -0.25) is 10.1 Å². The summed E-state index contributed by atoms with van der Waals surface area (Å²) in [6.45, 7) is 4.08. The van der Waals surface area contributed by atoms with Gasteiger partial charge in [0, 0.05) is 29.2 Å². The second-order valence-corrected chi connectivity index (χ2v) is 5.51. The molecule has 3 aromatic heterocycles. The normalized spacial score (nSPS) is 11.2. The van der Waals surface area contributed by atoms with Crippen LogP contribution >= 0.6 is 11.3 Å². The predicted octanol–water partition coefficient (Wildman–Crippen LogP) is 2.72. The van der Waals surface area contributed by atoms with Crippen LogP contribution in [0.3, 0.4) is 0 Å². The van der Waals surface area contributed by atoms with E-state index in [2.05, 4.69) is 20.4 Å². The lowest BCUT2D eigenvalue weighted by atomic mass is 10.2. The lowest BCUT2D eigenvalue weighted by molar-refractivity contribution is 0.102. The fourth-order valence-corrected chi connectivity index (χ4v) is 2.42. The minimum atomic E-state index is -0.216. The Bertz CT molecular complexity index is 747. The van der Waals surface area contributed by atoms with Crippen LogP contribution in [0.25, 0.3) is 11.0 Å². The highest BCUT2D eigenvalue weighted by molar-refractivity contribution is 7.13. The molecule has 0 radical (unpaired) electrons. The van der Waals surface area contributed by atoms with Gasteiger partial charge in [-0.05, 0) is 19.9 Å². The van der Waals surface area contributed by atoms with E-state index in [4.69, 9.17) is 0 Å². The summed E-state index contributed by atoms with van der Waals surface area (Å²) < 4.78 is 1.83. The van der Waals surface area contributed by atoms with Crippen molar-refractivity contribution < 1.29 is 4.79 Å². The Morgan fingerprint density at radius 1 is 1.35 bits per heavy atom. The standard InChI is InChI=1S/C13H13N5OS/c1-8(2)18-11-9(7-16-18)5-10(6-15-11)12(19)17-13-14-3-4-20-13/h3-8H,1-2H3,(H,14,17,19). The van der Waals surface area contributed by atoms with Crippen LogP contribution in [0.1, 0.15) is 30.2 Å². The van der Waals surface area contributed by atoms with Gasteiger partial charge in [0.25, 0.3) is 5.91 Å². The fraction of sp³-hybridized carbons (Fsp3) is 0.231. The average Bonchev–Trinajstić information content (AvgIpc) is 3.06. The van der Waals surface area contributed by atoms with Crippen molar-refractivity contribution in [3.8, 4) is 0 Å². The third kappa shape index (κ3) is 2.27. The average molecular weight is 287 g/mol. The first kappa shape index (κ1) is 12.7. The van der Waals surface area contributed by atoms with Gasteiger partial charge in [0.15, 0.2) is 10.8 Å². The Morgan fingerprint density at radius 3 is 2.90 bits per heavy atom. The van der Waals surface area contributed by atoms with Crippen molar-refractivity contribution >= 4 is 33.4 Å². The molecule has 3 heterocycles. The molecule has 0 spiro atoms. The van der Waals surface area contributed by atoms with Gasteiger partial charge < -0.3 is 0 Å². The zero-order valence-electron chi connectivity index (χ0n) is 11.1. The lowest BCUT2D eigenvalue weighted by Crippen LogP contribution is -2.12. The molecule has 0 saturated carbocycles. The maximum atomic E-state index is 12.1. The van der Waals surface area contributed by atoms with E-state index in [1.54, 1.807) is 24.7 Å². The SMILES string of the molecule is CC(C)n1ncc2cc(C(=O)Nc3nccs3)cnc21. The number of hydrogen-bond acceptors (Lipinski definition) is 5. The van der Waals surface area contributed by atoms with E-state index in [-0.39, 0.29) is 11.9 Å². The van der Waals surface area contributed by atoms with Gasteiger partial charge in [0.05, 0.1) is 11.8 Å². The Labute approximate surface area is 119 Å². The number of amides is 1. The largest absolute Gasteiger partial charge is 0.298 e. The molecule has 1 N–H and O–H groups in total. The molecule has 102 valence electrons. The van der Waals surface area contributed by atoms with Crippen LogP contribution in [0.2, 0.25) is 0 Å². The zero-order chi connectivity index (χ0) is 14.1. The first-order valence-electron chi connectivity index (χ1n) is 6.19. The van der Waals surface area contributed by atoms with Gasteiger partial charge in [-0.2, -0.15) is 5.10 Å². The van der Waals surface area contributed by atoms with Crippen LogP contribution in [0.15, 0.2) is 30.0 Å². The number of nitrogens with zero attached hydrogens (tertiary/aromatic N) is 4. The topological polar surface area (TPSA) is 72.7 Å². The molecule has 1 amide bonds. The van der Waals surface area contributed by atoms with Crippen molar-refractivity contribution in [2.45, 2.75) is 19.9 Å². The molecule has 0 aromatic carbocycles. The lowest BCUT2D eigenvalue weighted by Gasteiger charge is -2.06. The highest BCUT2D eigenvalue weighted by atomic mass is 32.1. The Balaban J connectivity index is 1.91. The molecular formula is C13H13N5OS. The minimum absolute atomic E-state index is 0.216. The van der Waals surface area contributed by atoms with Crippen LogP contribution in [-0.4, -0.2) is 25.7 Å². The van der Waals surface area contributed by atoms with E-state index >= 15 is 0 Å². The molecule has 0 saturated heterocycles. The van der Waals surface area contributed by atoms with Crippen molar-refractivity contribution in [1.29, 1.82) is 0 Å². The van der Waals surface area contributed by atoms with Crippen LogP contribution in [-0.2, 0) is 0 Å². The van der Waals surface area contributed by atoms with Crippen molar-refractivity contribution in [2.24, 2.45) is 0 Å². The Hall–Kier alpha value is -2.28. The zero-order valence-corrected chi connectivity index (χ0v) is 11.9. The van der Waals surface area contributed by atoms with Crippen LogP contribution < -0.4 is 5.32 Å². The number of carbonyl (C=O) groups excluding carboxylic acids is 1. The summed E-state index contributed by atoms with van der Waals surface area (Å²) in [6, 6.07) is 2.02. The molecular weight excluding hydrogens is 274 g/mol. The van der Waals surface area contributed by atoms with Crippen molar-refractivity contribution in [1.82, 2.24) is 19.7 Å². The number of fused-ring (bicyclic) bond motifs is 1. The first-order chi connectivity index (χ1) is 9.65. The Morgan fingerprint density at radius 2 is 2.20 bits per heavy atom. The maximum Gasteiger partial charge on any atom is 0.259 e. The quantitative estimate of drug-likeness (QED) is 0.804. The van der Waals surface area contributed by atoms with Gasteiger partial charge in [-0.25, -0.2) is 14.6 Å². The van der Waals surface area contributed by atoms with Gasteiger partial charge in [0.2, 0.25) is 0 Å². The number of rotatable bonds is 3. The predicted molar refractivity (Wildman–Crippen MR) is 78.0 cm³/mol. The number of thiazole rings is 1. The molecule has 0 atom stereocenters. The number of nitrogens with one attached hydrogen (secondary N) is 1. The summed E-state index contributed by atoms with van der Waals surface area (Å²) in [6.07, 6.45) is 4.93. The molecule has 0 aliphatic carbocycles. The van der Waals surface area contributed by atoms with Crippen LogP contribution in [0.5, 0.6) is 0 Å². The number of aromatic nitrogens is 4. The summed E-state index contributed by atoms with van der Waals surface area (Å²) >= 11 is 1.38. The number of carbonyl (C=O) groups is 1. The molecule has 20 heavy (non-hydrogen) atoms. The number of anilines is 1. The van der Waals surface area contributed by atoms with Gasteiger partial charge in [-0.1, -0.05) is 0 Å². The first-order valence-corrected chi connectivity index (χ1v) is 7.07. The molecule has 6 nitrogen and oxygen atoms in total. The third-order valence-electron chi connectivity index (χ3n) is 2.84. The molecule has 0 aliphatic heterocycles. The molecule has 0 fully saturated rings. The van der Waals surface area contributed by atoms with Crippen molar-refractivity contribution in [3.63, 3.8) is 0 Å². The molecule has 3 aromatic rings. The van der Waals surface area contributed by atoms with Gasteiger partial charge in [-0.15, -0.1) is 11.3 Å². The van der Waals surface area contributed by atoms with Gasteiger partial charge >= 0.3 is 0 Å². The van der Waals surface area contributed by atoms with E-state index in [1.807, 2.05) is 23.9 Å². The third-order valence-corrected chi connectivity index (χ3v) is 3.53. The number of pyridine rings is 1. The summed E-state index contributed by atoms with van der Waals surface area (Å²) in [7, 11) is 0. The van der Waals surface area contributed by atoms with E-state index in [1.165, 1.54) is 11.3 Å². The highest BCUT2D eigenvalue weighted by Gasteiger charge is 2.12. The van der Waals surface area contributed by atoms with Gasteiger partial charge in [0.1, 0.15) is 0 Å². The monoisotopic (exact) mass is 287 g/mol. The summed E-state index contributed by atoms with van der Waals surface area (Å²) in [5.74, 6) is -0.216. The summed E-state index contributed by atoms with van der Waals surface area (Å²) in [5.41, 5.74) is 1.28. The summed E-state index contributed by atoms with van der Waals surface area (Å²) in [4.78, 5) is 20.4. The fourth-order valence-electron chi connectivity index (χ4n) is 1.90. The van der Waals surface area contributed by atoms with E-state index < -0.39 is 0 Å². The molecule has 7 heteroatoms. The van der Waals surface area contributed by atoms with Crippen molar-refractivity contribution in [2.75, 3.05) is 5.32 Å². The number of hydrogen-bond donors (Lipinski definition) is 1. The smallest absolute Gasteiger partial charge is 0.259 e. The molecule has 0 aliphatic rings. The van der Waals surface area contributed by atoms with Crippen molar-refractivity contribution in [3.05, 3.63) is 35.6 Å². The second kappa shape index (κ2) is 5.01. The van der Waals surface area contributed by atoms with E-state index in [9.17, 15) is 4.79 Å². The highest BCUT2D eigenvalue weighted by Crippen LogP contribution is 2.18. The van der Waals surface area contributed by atoms with Crippen LogP contribution in [0, 0.1) is 0 Å². The van der Waals surface area contributed by atoms with Crippen LogP contribution in [0.4, 0.5) is 5.13 Å². The minimum Gasteiger partial charge on any atom is -0.298 e. The second-order valence-electron chi connectivity index (χ2n) is 4.61. The maximum absolute atomic E-state index is 12.1. The van der Waals surface area contributed by atoms with E-state index in [0.717, 1.165) is 11.0 Å². The molecule has 0 unspecified atom stereocenters. The van der Waals surface area contributed by atoms with E-state index in [0.29, 0.717) is 10.7 Å².